The second-order valence-corrected chi connectivity index (χ2v) is 6.53. The second-order valence-electron chi connectivity index (χ2n) is 5.42. The van der Waals surface area contributed by atoms with Crippen LogP contribution in [0.3, 0.4) is 0 Å². The van der Waals surface area contributed by atoms with Gasteiger partial charge in [0.25, 0.3) is 5.91 Å². The smallest absolute Gasteiger partial charge is 0.341 e. The summed E-state index contributed by atoms with van der Waals surface area (Å²) in [7, 11) is 0. The molecule has 24 heavy (non-hydrogen) atoms. The number of aryl methyl sites for hydroxylation is 1. The van der Waals surface area contributed by atoms with Crippen LogP contribution in [0.15, 0.2) is 0 Å². The normalized spacial score (nSPS) is 13.7. The molecule has 2 rings (SSSR count). The number of fused-ring (bicyclic) bond motifs is 1. The molecule has 0 spiro atoms. The Morgan fingerprint density at radius 2 is 1.92 bits per heavy atom. The van der Waals surface area contributed by atoms with Crippen molar-refractivity contribution in [2.45, 2.75) is 39.0 Å². The minimum atomic E-state index is -1.14. The lowest BCUT2D eigenvalue weighted by atomic mass is 10.1. The first-order valence-corrected chi connectivity index (χ1v) is 8.75. The fourth-order valence-electron chi connectivity index (χ4n) is 2.64. The lowest BCUT2D eigenvalue weighted by Crippen LogP contribution is -2.21. The molecule has 1 aliphatic rings. The zero-order valence-electron chi connectivity index (χ0n) is 13.6. The molecule has 1 amide bonds. The molecule has 1 heterocycles. The average molecular weight is 355 g/mol. The molecule has 0 aromatic carbocycles. The van der Waals surface area contributed by atoms with Gasteiger partial charge in [0.15, 0.2) is 0 Å². The summed E-state index contributed by atoms with van der Waals surface area (Å²) in [6.07, 6.45) is 4.87. The van der Waals surface area contributed by atoms with Gasteiger partial charge in [-0.3, -0.25) is 4.79 Å². The maximum Gasteiger partial charge on any atom is 0.341 e. The van der Waals surface area contributed by atoms with E-state index in [1.165, 1.54) is 11.3 Å². The van der Waals surface area contributed by atoms with Gasteiger partial charge in [0, 0.05) is 4.88 Å². The number of carbonyl (C=O) groups is 3. The van der Waals surface area contributed by atoms with Crippen LogP contribution in [0.4, 0.5) is 5.00 Å². The van der Waals surface area contributed by atoms with Gasteiger partial charge >= 0.3 is 11.9 Å². The van der Waals surface area contributed by atoms with Crippen LogP contribution in [0.5, 0.6) is 0 Å². The Labute approximate surface area is 144 Å². The van der Waals surface area contributed by atoms with Crippen molar-refractivity contribution < 1.29 is 29.0 Å². The first kappa shape index (κ1) is 18.4. The third-order valence-corrected chi connectivity index (χ3v) is 4.82. The Morgan fingerprint density at radius 3 is 2.62 bits per heavy atom. The summed E-state index contributed by atoms with van der Waals surface area (Å²) in [6.45, 7) is 1.08. The largest absolute Gasteiger partial charge is 0.480 e. The fourth-order valence-corrected chi connectivity index (χ4v) is 3.94. The van der Waals surface area contributed by atoms with E-state index in [1.54, 1.807) is 6.92 Å². The molecule has 1 aliphatic carbocycles. The summed E-state index contributed by atoms with van der Waals surface area (Å²) in [6, 6.07) is 0. The molecule has 1 aromatic rings. The second kappa shape index (κ2) is 8.79. The van der Waals surface area contributed by atoms with Crippen molar-refractivity contribution in [2.24, 2.45) is 0 Å². The fraction of sp³-hybridized carbons (Fsp3) is 0.562. The Balaban J connectivity index is 2.17. The van der Waals surface area contributed by atoms with Crippen LogP contribution in [0.25, 0.3) is 0 Å². The highest BCUT2D eigenvalue weighted by molar-refractivity contribution is 7.17. The van der Waals surface area contributed by atoms with Crippen molar-refractivity contribution in [1.29, 1.82) is 0 Å². The number of amides is 1. The van der Waals surface area contributed by atoms with Crippen LogP contribution in [0.2, 0.25) is 0 Å². The number of carboxylic acids is 1. The average Bonchev–Trinajstić information content (AvgIpc) is 2.68. The predicted octanol–water partition coefficient (Wildman–Crippen LogP) is 2.23. The van der Waals surface area contributed by atoms with E-state index in [0.717, 1.165) is 42.5 Å². The number of rotatable bonds is 7. The number of carbonyl (C=O) groups excluding carboxylic acids is 2. The number of ether oxygens (including phenoxy) is 2. The summed E-state index contributed by atoms with van der Waals surface area (Å²) in [5.74, 6) is -2.06. The highest BCUT2D eigenvalue weighted by Gasteiger charge is 2.26. The Kier molecular flexibility index (Phi) is 6.74. The van der Waals surface area contributed by atoms with Crippen LogP contribution < -0.4 is 5.32 Å². The van der Waals surface area contributed by atoms with Crippen LogP contribution in [-0.2, 0) is 31.9 Å². The van der Waals surface area contributed by atoms with Gasteiger partial charge in [-0.05, 0) is 38.2 Å². The molecule has 1 aromatic heterocycles. The number of carboxylic acid groups (broad SMARTS) is 1. The van der Waals surface area contributed by atoms with Crippen LogP contribution in [-0.4, -0.2) is 42.8 Å². The number of hydrogen-bond donors (Lipinski definition) is 2. The monoisotopic (exact) mass is 355 g/mol. The lowest BCUT2D eigenvalue weighted by Gasteiger charge is -2.08. The van der Waals surface area contributed by atoms with Gasteiger partial charge in [-0.1, -0.05) is 6.42 Å². The Morgan fingerprint density at radius 1 is 1.17 bits per heavy atom. The summed E-state index contributed by atoms with van der Waals surface area (Å²) >= 11 is 1.39. The van der Waals surface area contributed by atoms with Crippen LogP contribution >= 0.6 is 11.3 Å². The van der Waals surface area contributed by atoms with E-state index in [4.69, 9.17) is 14.6 Å². The van der Waals surface area contributed by atoms with Crippen molar-refractivity contribution in [2.75, 3.05) is 25.1 Å². The third kappa shape index (κ3) is 4.78. The van der Waals surface area contributed by atoms with Crippen molar-refractivity contribution in [1.82, 2.24) is 0 Å². The maximum atomic E-state index is 12.3. The number of esters is 1. The number of anilines is 1. The van der Waals surface area contributed by atoms with Crippen LogP contribution in [0, 0.1) is 0 Å². The Hall–Kier alpha value is -1.93. The molecular formula is C16H21NO6S. The summed E-state index contributed by atoms with van der Waals surface area (Å²) in [5, 5.41) is 11.6. The summed E-state index contributed by atoms with van der Waals surface area (Å²) in [5.41, 5.74) is 1.41. The summed E-state index contributed by atoms with van der Waals surface area (Å²) < 4.78 is 9.91. The van der Waals surface area contributed by atoms with Gasteiger partial charge in [-0.15, -0.1) is 11.3 Å². The molecule has 0 aliphatic heterocycles. The highest BCUT2D eigenvalue weighted by atomic mass is 32.1. The van der Waals surface area contributed by atoms with E-state index < -0.39 is 24.5 Å². The van der Waals surface area contributed by atoms with E-state index in [2.05, 4.69) is 5.32 Å². The van der Waals surface area contributed by atoms with Gasteiger partial charge in [-0.2, -0.15) is 0 Å². The predicted molar refractivity (Wildman–Crippen MR) is 88.6 cm³/mol. The molecule has 0 fully saturated rings. The first-order valence-electron chi connectivity index (χ1n) is 7.94. The number of nitrogens with one attached hydrogen (secondary N) is 1. The number of hydrogen-bond acceptors (Lipinski definition) is 6. The molecule has 132 valence electrons. The van der Waals surface area contributed by atoms with Crippen molar-refractivity contribution >= 4 is 34.2 Å². The molecule has 0 unspecified atom stereocenters. The molecule has 0 radical (unpaired) electrons. The van der Waals surface area contributed by atoms with E-state index in [-0.39, 0.29) is 13.2 Å². The molecule has 0 atom stereocenters. The zero-order chi connectivity index (χ0) is 17.5. The molecule has 0 saturated carbocycles. The van der Waals surface area contributed by atoms with Gasteiger partial charge in [0.05, 0.1) is 12.2 Å². The van der Waals surface area contributed by atoms with Crippen LogP contribution in [0.1, 0.15) is 47.0 Å². The standard InChI is InChI=1S/C16H21NO6S/c1-2-23-16(21)14-10-6-4-3-5-7-11(10)24-15(14)17-12(18)8-22-9-13(19)20/h2-9H2,1H3,(H,17,18)(H,19,20). The van der Waals surface area contributed by atoms with Crippen molar-refractivity contribution in [3.63, 3.8) is 0 Å². The zero-order valence-corrected chi connectivity index (χ0v) is 14.4. The highest BCUT2D eigenvalue weighted by Crippen LogP contribution is 2.37. The summed E-state index contributed by atoms with van der Waals surface area (Å²) in [4.78, 5) is 35.8. The SMILES string of the molecule is CCOC(=O)c1c(NC(=O)COCC(=O)O)sc2c1CCCCC2. The van der Waals surface area contributed by atoms with Crippen molar-refractivity contribution in [3.8, 4) is 0 Å². The molecule has 7 nitrogen and oxygen atoms in total. The van der Waals surface area contributed by atoms with Gasteiger partial charge in [0.1, 0.15) is 18.2 Å². The number of thiophene rings is 1. The first-order chi connectivity index (χ1) is 11.5. The molecular weight excluding hydrogens is 334 g/mol. The molecule has 8 heteroatoms. The molecule has 2 N–H and O–H groups in total. The number of aliphatic carboxylic acids is 1. The molecule has 0 saturated heterocycles. The maximum absolute atomic E-state index is 12.3. The minimum absolute atomic E-state index is 0.262. The minimum Gasteiger partial charge on any atom is -0.480 e. The van der Waals surface area contributed by atoms with Gasteiger partial charge < -0.3 is 19.9 Å². The van der Waals surface area contributed by atoms with Gasteiger partial charge in [0.2, 0.25) is 0 Å². The van der Waals surface area contributed by atoms with E-state index in [9.17, 15) is 14.4 Å². The van der Waals surface area contributed by atoms with Gasteiger partial charge in [-0.25, -0.2) is 9.59 Å². The quantitative estimate of drug-likeness (QED) is 0.574. The van der Waals surface area contributed by atoms with Crippen molar-refractivity contribution in [3.05, 3.63) is 16.0 Å². The van der Waals surface area contributed by atoms with E-state index in [1.807, 2.05) is 0 Å². The van der Waals surface area contributed by atoms with E-state index in [0.29, 0.717) is 10.6 Å². The lowest BCUT2D eigenvalue weighted by molar-refractivity contribution is -0.143. The third-order valence-electron chi connectivity index (χ3n) is 3.61. The van der Waals surface area contributed by atoms with E-state index >= 15 is 0 Å². The molecule has 0 bridgehead atoms. The Bertz CT molecular complexity index is 624. The topological polar surface area (TPSA) is 102 Å².